The minimum atomic E-state index is -2.40. The van der Waals surface area contributed by atoms with Crippen LogP contribution in [0.4, 0.5) is 8.78 Å². The zero-order valence-corrected chi connectivity index (χ0v) is 26.3. The van der Waals surface area contributed by atoms with E-state index >= 15 is 0 Å². The number of carbonyl (C=O) groups is 1. The maximum atomic E-state index is 13.2. The van der Waals surface area contributed by atoms with Crippen LogP contribution in [0, 0.1) is 18.6 Å². The van der Waals surface area contributed by atoms with E-state index in [0.29, 0.717) is 10.6 Å². The van der Waals surface area contributed by atoms with Gasteiger partial charge in [0.15, 0.2) is 5.69 Å². The van der Waals surface area contributed by atoms with Gasteiger partial charge in [-0.05, 0) is 19.1 Å². The van der Waals surface area contributed by atoms with Gasteiger partial charge < -0.3 is 4.74 Å². The zero-order chi connectivity index (χ0) is 27.3. The summed E-state index contributed by atoms with van der Waals surface area (Å²) in [6.07, 6.45) is 10.3. The minimum Gasteiger partial charge on any atom is -0.464 e. The second kappa shape index (κ2) is 16.1. The van der Waals surface area contributed by atoms with E-state index in [9.17, 15) is 13.6 Å². The van der Waals surface area contributed by atoms with Gasteiger partial charge >= 0.3 is 134 Å². The number of esters is 1. The molecule has 3 heterocycles. The van der Waals surface area contributed by atoms with Crippen molar-refractivity contribution in [3.05, 3.63) is 59.0 Å². The number of halogens is 2. The summed E-state index contributed by atoms with van der Waals surface area (Å²) in [5, 5.41) is 0.728. The molecule has 5 nitrogen and oxygen atoms in total. The van der Waals surface area contributed by atoms with Crippen molar-refractivity contribution in [3.8, 4) is 10.6 Å². The summed E-state index contributed by atoms with van der Waals surface area (Å²) in [7, 11) is 1.29. The molecule has 3 rings (SSSR count). The first-order valence-electron chi connectivity index (χ1n) is 13.1. The summed E-state index contributed by atoms with van der Waals surface area (Å²) in [5.74, 6) is -1.14. The van der Waals surface area contributed by atoms with Gasteiger partial charge in [0.1, 0.15) is 5.82 Å². The van der Waals surface area contributed by atoms with Crippen LogP contribution in [-0.4, -0.2) is 46.4 Å². The number of carbonyl (C=O) groups excluding carboxylic acids is 1. The van der Waals surface area contributed by atoms with Crippen LogP contribution in [0.5, 0.6) is 0 Å². The monoisotopic (exact) mass is 639 g/mol. The molecule has 0 N–H and O–H groups in total. The van der Waals surface area contributed by atoms with Crippen molar-refractivity contribution >= 4 is 39.4 Å². The van der Waals surface area contributed by atoms with Crippen molar-refractivity contribution in [1.82, 2.24) is 15.0 Å². The Morgan fingerprint density at radius 1 is 0.892 bits per heavy atom. The van der Waals surface area contributed by atoms with Crippen molar-refractivity contribution in [2.45, 2.75) is 79.5 Å². The molecule has 3 aromatic rings. The molecule has 3 aromatic heterocycles. The molecule has 202 valence electrons. The summed E-state index contributed by atoms with van der Waals surface area (Å²) < 4.78 is 36.1. The van der Waals surface area contributed by atoms with Crippen molar-refractivity contribution in [2.24, 2.45) is 0 Å². The van der Waals surface area contributed by atoms with Crippen molar-refractivity contribution < 1.29 is 18.3 Å². The van der Waals surface area contributed by atoms with E-state index < -0.39 is 30.2 Å². The fourth-order valence-corrected chi connectivity index (χ4v) is 20.6. The summed E-state index contributed by atoms with van der Waals surface area (Å²) in [4.78, 5) is 24.6. The normalized spacial score (nSPS) is 11.1. The maximum Gasteiger partial charge on any atom is 0.358 e. The van der Waals surface area contributed by atoms with Gasteiger partial charge in [0.2, 0.25) is 0 Å². The fourth-order valence-electron chi connectivity index (χ4n) is 4.34. The Kier molecular flexibility index (Phi) is 13.6. The van der Waals surface area contributed by atoms with E-state index in [0.717, 1.165) is 11.2 Å². The van der Waals surface area contributed by atoms with Gasteiger partial charge in [-0.1, -0.05) is 0 Å². The van der Waals surface area contributed by atoms with Crippen LogP contribution in [0.2, 0.25) is 13.3 Å². The Morgan fingerprint density at radius 2 is 1.43 bits per heavy atom. The zero-order valence-electron chi connectivity index (χ0n) is 22.7. The Labute approximate surface area is 228 Å². The van der Waals surface area contributed by atoms with Crippen LogP contribution in [0.25, 0.3) is 10.6 Å². The topological polar surface area (TPSA) is 65.0 Å². The number of unbranched alkanes of at least 4 members (excludes halogenated alkanes) is 3. The number of nitrogens with zero attached hydrogens (tertiary/aromatic N) is 3. The predicted octanol–water partition coefficient (Wildman–Crippen LogP) is 7.72. The molecule has 0 atom stereocenters. The molecule has 37 heavy (non-hydrogen) atoms. The molecule has 0 aromatic carbocycles. The van der Waals surface area contributed by atoms with Gasteiger partial charge in [-0.25, -0.2) is 14.2 Å². The first-order valence-corrected chi connectivity index (χ1v) is 21.4. The summed E-state index contributed by atoms with van der Waals surface area (Å²) in [6, 6.07) is 6.43. The van der Waals surface area contributed by atoms with Crippen LogP contribution >= 0.6 is 11.3 Å². The number of aryl methyl sites for hydroxylation is 1. The van der Waals surface area contributed by atoms with Crippen LogP contribution in [-0.2, 0) is 4.74 Å². The third-order valence-corrected chi connectivity index (χ3v) is 22.5. The van der Waals surface area contributed by atoms with Crippen LogP contribution in [0.3, 0.4) is 0 Å². The first-order chi connectivity index (χ1) is 17.8. The number of methoxy groups -OCH3 is 1. The summed E-state index contributed by atoms with van der Waals surface area (Å²) >= 11 is -1.08. The third kappa shape index (κ3) is 9.39. The predicted molar refractivity (Wildman–Crippen MR) is 150 cm³/mol. The second-order valence-electron chi connectivity index (χ2n) is 9.22. The van der Waals surface area contributed by atoms with Crippen molar-refractivity contribution in [1.29, 1.82) is 0 Å². The number of ether oxygens (including phenoxy) is 1. The molecule has 0 bridgehead atoms. The largest absolute Gasteiger partial charge is 0.464 e. The fraction of sp³-hybridized carbons (Fsp3) is 0.500. The molecule has 0 spiro atoms. The average Bonchev–Trinajstić information content (AvgIpc) is 3.31. The van der Waals surface area contributed by atoms with Gasteiger partial charge in [-0.2, -0.15) is 0 Å². The van der Waals surface area contributed by atoms with Crippen LogP contribution in [0.15, 0.2) is 36.7 Å². The van der Waals surface area contributed by atoms with Gasteiger partial charge in [0, 0.05) is 0 Å². The molecular formula is C28H39F2N3O2SSn. The van der Waals surface area contributed by atoms with E-state index in [1.165, 1.54) is 92.3 Å². The first kappa shape index (κ1) is 31.3. The summed E-state index contributed by atoms with van der Waals surface area (Å²) in [6.45, 7) is 8.60. The number of thiazole rings is 1. The minimum absolute atomic E-state index is 0.199. The van der Waals surface area contributed by atoms with Gasteiger partial charge in [0.05, 0.1) is 28.9 Å². The van der Waals surface area contributed by atoms with Crippen molar-refractivity contribution in [3.63, 3.8) is 0 Å². The quantitative estimate of drug-likeness (QED) is 0.150. The number of pyridine rings is 2. The summed E-state index contributed by atoms with van der Waals surface area (Å²) in [5.41, 5.74) is 0.728. The molecule has 0 radical (unpaired) electrons. The third-order valence-electron chi connectivity index (χ3n) is 6.37. The smallest absolute Gasteiger partial charge is 0.358 e. The van der Waals surface area contributed by atoms with Crippen LogP contribution in [0.1, 0.15) is 74.8 Å². The molecular weight excluding hydrogens is 599 g/mol. The van der Waals surface area contributed by atoms with Gasteiger partial charge in [-0.3, -0.25) is 4.98 Å². The molecule has 0 aliphatic carbocycles. The maximum absolute atomic E-state index is 13.2. The second-order valence-corrected chi connectivity index (χ2v) is 23.5. The Hall–Kier alpha value is -1.94. The number of aromatic nitrogens is 3. The van der Waals surface area contributed by atoms with E-state index in [1.54, 1.807) is 13.0 Å². The number of hydrogen-bond donors (Lipinski definition) is 0. The molecule has 0 aliphatic rings. The molecule has 0 saturated carbocycles. The van der Waals surface area contributed by atoms with Crippen molar-refractivity contribution in [2.75, 3.05) is 7.11 Å². The SMILES string of the molecule is CCC[CH2][Sn]([CH2]CCC)([CH2]CCC)[c]1ccc(F)cn1.COC(=O)c1nc(C)sc1-c1ccc(F)cn1. The van der Waals surface area contributed by atoms with E-state index in [4.69, 9.17) is 0 Å². The molecule has 0 unspecified atom stereocenters. The van der Waals surface area contributed by atoms with Gasteiger partial charge in [-0.15, -0.1) is 11.3 Å². The Balaban J connectivity index is 0.000000263. The van der Waals surface area contributed by atoms with E-state index in [1.807, 2.05) is 6.07 Å². The molecule has 9 heteroatoms. The molecule has 0 aliphatic heterocycles. The van der Waals surface area contributed by atoms with E-state index in [2.05, 4.69) is 40.5 Å². The van der Waals surface area contributed by atoms with Gasteiger partial charge in [0.25, 0.3) is 0 Å². The standard InChI is InChI=1S/C11H9FN2O2S.C5H3FN.3C4H9.Sn/c1-6-14-9(11(15)16-2)10(17-6)8-4-3-7(12)5-13-8;6-5-2-1-3-7-4-5;3*1-3-4-2;/h3-5H,1-2H3;1-2,4H;3*1,3-4H2,2H3;. The van der Waals surface area contributed by atoms with Crippen LogP contribution < -0.4 is 3.71 Å². The Bertz CT molecular complexity index is 1070. The number of rotatable bonds is 12. The Morgan fingerprint density at radius 3 is 1.86 bits per heavy atom. The molecule has 0 fully saturated rings. The average molecular weight is 638 g/mol. The van der Waals surface area contributed by atoms with E-state index in [-0.39, 0.29) is 11.5 Å². The number of hydrogen-bond acceptors (Lipinski definition) is 6. The molecule has 0 saturated heterocycles. The molecule has 0 amide bonds.